The van der Waals surface area contributed by atoms with Crippen molar-refractivity contribution in [3.8, 4) is 0 Å². The standard InChI is InChI=1S/C21H35Cl2NO2/c1-5-9-19(15-23)11-8-12-20(25)24-18(4)14-17(3)21(26)16(2)10-6-7-13-22/h7,13,15-18H,5-6,8-12,14H2,1-4H3,(H,24,25)/b13-7+,19-15+/t16-,17+,18-/m0/s1. The van der Waals surface area contributed by atoms with Crippen LogP contribution in [0.25, 0.3) is 0 Å². The molecule has 3 nitrogen and oxygen atoms in total. The van der Waals surface area contributed by atoms with Gasteiger partial charge in [-0.15, -0.1) is 0 Å². The Morgan fingerprint density at radius 3 is 2.31 bits per heavy atom. The molecule has 1 N–H and O–H groups in total. The molecule has 0 aliphatic heterocycles. The van der Waals surface area contributed by atoms with E-state index in [0.717, 1.165) is 38.5 Å². The summed E-state index contributed by atoms with van der Waals surface area (Å²) in [5.41, 5.74) is 4.33. The lowest BCUT2D eigenvalue weighted by atomic mass is 9.88. The SMILES string of the molecule is CCC/C(=C\Cl)CCCC(=O)N[C@@H](C)C[C@@H](C)C(=O)[C@@H](C)CC/C=C/Cl. The van der Waals surface area contributed by atoms with Gasteiger partial charge < -0.3 is 5.32 Å². The van der Waals surface area contributed by atoms with Gasteiger partial charge in [0.15, 0.2) is 0 Å². The summed E-state index contributed by atoms with van der Waals surface area (Å²) in [6, 6.07) is -0.00457. The first-order valence-corrected chi connectivity index (χ1v) is 10.6. The van der Waals surface area contributed by atoms with Crippen LogP contribution in [-0.2, 0) is 9.59 Å². The maximum Gasteiger partial charge on any atom is 0.220 e. The molecule has 5 heteroatoms. The minimum atomic E-state index is -0.0596. The predicted molar refractivity (Wildman–Crippen MR) is 112 cm³/mol. The normalized spacial score (nSPS) is 15.7. The minimum absolute atomic E-state index is 0.00457. The zero-order valence-electron chi connectivity index (χ0n) is 16.7. The smallest absolute Gasteiger partial charge is 0.220 e. The van der Waals surface area contributed by atoms with Crippen molar-refractivity contribution in [1.82, 2.24) is 5.32 Å². The average Bonchev–Trinajstić information content (AvgIpc) is 2.60. The largest absolute Gasteiger partial charge is 0.354 e. The monoisotopic (exact) mass is 403 g/mol. The molecular weight excluding hydrogens is 369 g/mol. The quantitative estimate of drug-likeness (QED) is 0.367. The average molecular weight is 404 g/mol. The zero-order chi connectivity index (χ0) is 19.9. The molecule has 0 spiro atoms. The van der Waals surface area contributed by atoms with E-state index in [0.29, 0.717) is 12.8 Å². The summed E-state index contributed by atoms with van der Waals surface area (Å²) in [4.78, 5) is 24.5. The lowest BCUT2D eigenvalue weighted by Gasteiger charge is -2.20. The van der Waals surface area contributed by atoms with Gasteiger partial charge >= 0.3 is 0 Å². The van der Waals surface area contributed by atoms with E-state index in [-0.39, 0.29) is 29.6 Å². The van der Waals surface area contributed by atoms with E-state index in [1.807, 2.05) is 26.8 Å². The van der Waals surface area contributed by atoms with Gasteiger partial charge in [-0.25, -0.2) is 0 Å². The number of rotatable bonds is 14. The Morgan fingerprint density at radius 2 is 1.73 bits per heavy atom. The van der Waals surface area contributed by atoms with Gasteiger partial charge in [-0.1, -0.05) is 62.0 Å². The number of nitrogens with one attached hydrogen (secondary N) is 1. The molecule has 0 aliphatic carbocycles. The van der Waals surface area contributed by atoms with E-state index in [4.69, 9.17) is 23.2 Å². The highest BCUT2D eigenvalue weighted by Crippen LogP contribution is 2.18. The molecule has 0 bridgehead atoms. The molecule has 0 radical (unpaired) electrons. The van der Waals surface area contributed by atoms with Gasteiger partial charge in [0.05, 0.1) is 0 Å². The Balaban J connectivity index is 4.16. The van der Waals surface area contributed by atoms with Gasteiger partial charge in [0.2, 0.25) is 5.91 Å². The Hall–Kier alpha value is -0.800. The van der Waals surface area contributed by atoms with Crippen molar-refractivity contribution in [2.45, 2.75) is 85.1 Å². The fraction of sp³-hybridized carbons (Fsp3) is 0.714. The third-order valence-corrected chi connectivity index (χ3v) is 5.06. The second-order valence-electron chi connectivity index (χ2n) is 7.22. The fourth-order valence-electron chi connectivity index (χ4n) is 3.12. The molecule has 0 unspecified atom stereocenters. The van der Waals surface area contributed by atoms with Crippen LogP contribution in [0.15, 0.2) is 22.7 Å². The van der Waals surface area contributed by atoms with Gasteiger partial charge in [0, 0.05) is 35.4 Å². The molecular formula is C21H35Cl2NO2. The molecule has 0 rings (SSSR count). The van der Waals surface area contributed by atoms with Crippen LogP contribution in [-0.4, -0.2) is 17.7 Å². The first-order valence-electron chi connectivity index (χ1n) is 9.72. The first kappa shape index (κ1) is 25.2. The molecule has 3 atom stereocenters. The number of hydrogen-bond acceptors (Lipinski definition) is 2. The summed E-state index contributed by atoms with van der Waals surface area (Å²) in [6.07, 6.45) is 8.36. The molecule has 0 aromatic carbocycles. The molecule has 0 aromatic rings. The van der Waals surface area contributed by atoms with Gasteiger partial charge in [-0.05, 0) is 45.4 Å². The summed E-state index contributed by atoms with van der Waals surface area (Å²) in [7, 11) is 0. The van der Waals surface area contributed by atoms with Gasteiger partial charge in [-0.2, -0.15) is 0 Å². The highest BCUT2D eigenvalue weighted by Gasteiger charge is 2.22. The minimum Gasteiger partial charge on any atom is -0.354 e. The Bertz CT molecular complexity index is 475. The van der Waals surface area contributed by atoms with Gasteiger partial charge in [0.25, 0.3) is 0 Å². The van der Waals surface area contributed by atoms with Crippen molar-refractivity contribution in [2.24, 2.45) is 11.8 Å². The number of carbonyl (C=O) groups is 2. The van der Waals surface area contributed by atoms with Crippen molar-refractivity contribution in [3.63, 3.8) is 0 Å². The van der Waals surface area contributed by atoms with E-state index < -0.39 is 0 Å². The molecule has 0 fully saturated rings. The van der Waals surface area contributed by atoms with Crippen molar-refractivity contribution in [2.75, 3.05) is 0 Å². The summed E-state index contributed by atoms with van der Waals surface area (Å²) in [5.74, 6) is 0.254. The van der Waals surface area contributed by atoms with Crippen LogP contribution in [0.2, 0.25) is 0 Å². The van der Waals surface area contributed by atoms with E-state index >= 15 is 0 Å². The third kappa shape index (κ3) is 11.7. The van der Waals surface area contributed by atoms with E-state index in [2.05, 4.69) is 12.2 Å². The highest BCUT2D eigenvalue weighted by molar-refractivity contribution is 6.25. The van der Waals surface area contributed by atoms with E-state index in [1.54, 1.807) is 5.54 Å². The third-order valence-electron chi connectivity index (χ3n) is 4.57. The van der Waals surface area contributed by atoms with Crippen molar-refractivity contribution in [3.05, 3.63) is 22.7 Å². The first-order chi connectivity index (χ1) is 12.3. The van der Waals surface area contributed by atoms with Crippen LogP contribution in [0.5, 0.6) is 0 Å². The molecule has 0 saturated heterocycles. The second-order valence-corrected chi connectivity index (χ2v) is 7.69. The lowest BCUT2D eigenvalue weighted by molar-refractivity contribution is -0.127. The lowest BCUT2D eigenvalue weighted by Crippen LogP contribution is -2.35. The molecule has 0 aromatic heterocycles. The molecule has 0 saturated carbocycles. The Kier molecular flexibility index (Phi) is 14.8. The number of amides is 1. The van der Waals surface area contributed by atoms with Crippen molar-refractivity contribution < 1.29 is 9.59 Å². The van der Waals surface area contributed by atoms with E-state index in [9.17, 15) is 9.59 Å². The summed E-state index contributed by atoms with van der Waals surface area (Å²) < 4.78 is 0. The Morgan fingerprint density at radius 1 is 1.04 bits per heavy atom. The van der Waals surface area contributed by atoms with Crippen molar-refractivity contribution in [1.29, 1.82) is 0 Å². The van der Waals surface area contributed by atoms with Crippen LogP contribution < -0.4 is 5.32 Å². The topological polar surface area (TPSA) is 46.2 Å². The second kappa shape index (κ2) is 15.3. The van der Waals surface area contributed by atoms with Crippen molar-refractivity contribution >= 4 is 34.9 Å². The number of ketones is 1. The fourth-order valence-corrected chi connectivity index (χ4v) is 3.47. The number of hydrogen-bond donors (Lipinski definition) is 1. The molecule has 0 heterocycles. The van der Waals surface area contributed by atoms with Crippen LogP contribution in [0.3, 0.4) is 0 Å². The zero-order valence-corrected chi connectivity index (χ0v) is 18.2. The van der Waals surface area contributed by atoms with Crippen LogP contribution in [0, 0.1) is 11.8 Å². The number of halogens is 2. The number of carbonyl (C=O) groups excluding carboxylic acids is 2. The molecule has 1 amide bonds. The van der Waals surface area contributed by atoms with Crippen LogP contribution >= 0.6 is 23.2 Å². The number of allylic oxidation sites excluding steroid dienone is 2. The molecule has 0 aliphatic rings. The summed E-state index contributed by atoms with van der Waals surface area (Å²) in [6.45, 7) is 7.99. The summed E-state index contributed by atoms with van der Waals surface area (Å²) >= 11 is 11.3. The highest BCUT2D eigenvalue weighted by atomic mass is 35.5. The Labute approximate surface area is 169 Å². The summed E-state index contributed by atoms with van der Waals surface area (Å²) in [5, 5.41) is 3.01. The maximum atomic E-state index is 12.4. The van der Waals surface area contributed by atoms with Gasteiger partial charge in [0.1, 0.15) is 5.78 Å². The van der Waals surface area contributed by atoms with Gasteiger partial charge in [-0.3, -0.25) is 9.59 Å². The molecule has 26 heavy (non-hydrogen) atoms. The molecule has 150 valence electrons. The maximum absolute atomic E-state index is 12.4. The van der Waals surface area contributed by atoms with Crippen LogP contribution in [0.1, 0.15) is 79.1 Å². The number of Topliss-reactive ketones (excluding diaryl/α,β-unsaturated/α-hetero) is 1. The predicted octanol–water partition coefficient (Wildman–Crippen LogP) is 6.35. The van der Waals surface area contributed by atoms with E-state index in [1.165, 1.54) is 11.1 Å². The van der Waals surface area contributed by atoms with Crippen LogP contribution in [0.4, 0.5) is 0 Å².